The van der Waals surface area contributed by atoms with Gasteiger partial charge in [0.2, 0.25) is 5.91 Å². The highest BCUT2D eigenvalue weighted by atomic mass is 35.5. The van der Waals surface area contributed by atoms with Gasteiger partial charge < -0.3 is 0 Å². The highest BCUT2D eigenvalue weighted by Crippen LogP contribution is 2.10. The van der Waals surface area contributed by atoms with E-state index in [1.54, 1.807) is 18.2 Å². The summed E-state index contributed by atoms with van der Waals surface area (Å²) in [5.74, 6) is -0.639. The zero-order valence-electron chi connectivity index (χ0n) is 11.3. The summed E-state index contributed by atoms with van der Waals surface area (Å²) in [5.41, 5.74) is 6.23. The molecule has 2 rings (SSSR count). The van der Waals surface area contributed by atoms with Crippen molar-refractivity contribution in [1.29, 1.82) is 0 Å². The van der Waals surface area contributed by atoms with Crippen LogP contribution in [0.5, 0.6) is 0 Å². The Morgan fingerprint density at radius 1 is 0.952 bits per heavy atom. The Morgan fingerprint density at radius 2 is 1.71 bits per heavy atom. The van der Waals surface area contributed by atoms with Crippen molar-refractivity contribution in [3.8, 4) is 0 Å². The lowest BCUT2D eigenvalue weighted by Gasteiger charge is -2.07. The van der Waals surface area contributed by atoms with Crippen LogP contribution in [0, 0.1) is 0 Å². The van der Waals surface area contributed by atoms with Gasteiger partial charge in [0.1, 0.15) is 0 Å². The van der Waals surface area contributed by atoms with Crippen LogP contribution in [-0.4, -0.2) is 11.8 Å². The molecule has 0 aliphatic heterocycles. The number of aryl methyl sites for hydroxylation is 1. The number of hydrazine groups is 1. The van der Waals surface area contributed by atoms with Crippen LogP contribution in [0.25, 0.3) is 0 Å². The van der Waals surface area contributed by atoms with Gasteiger partial charge in [-0.15, -0.1) is 0 Å². The van der Waals surface area contributed by atoms with Crippen LogP contribution in [0.1, 0.15) is 22.3 Å². The maximum absolute atomic E-state index is 11.8. The van der Waals surface area contributed by atoms with Crippen molar-refractivity contribution in [3.05, 3.63) is 70.7 Å². The van der Waals surface area contributed by atoms with E-state index in [1.165, 1.54) is 6.07 Å². The number of amides is 2. The molecule has 2 aromatic carbocycles. The van der Waals surface area contributed by atoms with Gasteiger partial charge in [0.25, 0.3) is 5.91 Å². The molecular weight excluding hydrogens is 288 g/mol. The Hall–Kier alpha value is -2.33. The molecule has 0 aliphatic carbocycles. The monoisotopic (exact) mass is 302 g/mol. The number of hydrogen-bond acceptors (Lipinski definition) is 2. The van der Waals surface area contributed by atoms with Crippen molar-refractivity contribution in [2.24, 2.45) is 0 Å². The highest BCUT2D eigenvalue weighted by molar-refractivity contribution is 6.30. The normalized spacial score (nSPS) is 9.95. The number of halogens is 1. The summed E-state index contributed by atoms with van der Waals surface area (Å²) in [6, 6.07) is 16.2. The van der Waals surface area contributed by atoms with Crippen LogP contribution in [-0.2, 0) is 11.2 Å². The Balaban J connectivity index is 1.77. The lowest BCUT2D eigenvalue weighted by molar-refractivity contribution is -0.121. The van der Waals surface area contributed by atoms with Crippen molar-refractivity contribution >= 4 is 23.4 Å². The summed E-state index contributed by atoms with van der Waals surface area (Å²) < 4.78 is 0. The van der Waals surface area contributed by atoms with E-state index in [9.17, 15) is 9.59 Å². The molecule has 0 fully saturated rings. The third-order valence-electron chi connectivity index (χ3n) is 2.89. The Morgan fingerprint density at radius 3 is 2.43 bits per heavy atom. The van der Waals surface area contributed by atoms with E-state index in [0.717, 1.165) is 5.56 Å². The first-order chi connectivity index (χ1) is 10.1. The molecule has 0 saturated carbocycles. The van der Waals surface area contributed by atoms with Gasteiger partial charge in [0.05, 0.1) is 0 Å². The molecular formula is C16H15ClN2O2. The maximum Gasteiger partial charge on any atom is 0.269 e. The molecule has 2 N–H and O–H groups in total. The second-order valence-corrected chi connectivity index (χ2v) is 4.93. The minimum absolute atomic E-state index is 0.241. The third-order valence-corrected chi connectivity index (χ3v) is 3.12. The van der Waals surface area contributed by atoms with E-state index in [1.807, 2.05) is 30.3 Å². The summed E-state index contributed by atoms with van der Waals surface area (Å²) in [7, 11) is 0. The van der Waals surface area contributed by atoms with Crippen LogP contribution in [0.3, 0.4) is 0 Å². The molecule has 4 nitrogen and oxygen atoms in total. The van der Waals surface area contributed by atoms with Crippen LogP contribution in [0.15, 0.2) is 54.6 Å². The first-order valence-electron chi connectivity index (χ1n) is 6.54. The largest absolute Gasteiger partial charge is 0.273 e. The average molecular weight is 303 g/mol. The molecule has 0 spiro atoms. The van der Waals surface area contributed by atoms with Crippen molar-refractivity contribution < 1.29 is 9.59 Å². The lowest BCUT2D eigenvalue weighted by atomic mass is 10.1. The standard InChI is InChI=1S/C16H15ClN2O2/c17-14-8-4-7-13(11-14)16(21)19-18-15(20)10-9-12-5-2-1-3-6-12/h1-8,11H,9-10H2,(H,18,20)(H,19,21). The van der Waals surface area contributed by atoms with E-state index in [-0.39, 0.29) is 5.91 Å². The second kappa shape index (κ2) is 7.45. The first kappa shape index (κ1) is 15.1. The van der Waals surface area contributed by atoms with E-state index in [2.05, 4.69) is 10.9 Å². The number of carbonyl (C=O) groups is 2. The Bertz CT molecular complexity index is 629. The van der Waals surface area contributed by atoms with Crippen LogP contribution in [0.4, 0.5) is 0 Å². The summed E-state index contributed by atoms with van der Waals surface area (Å²) in [6.45, 7) is 0. The predicted molar refractivity (Wildman–Crippen MR) is 81.8 cm³/mol. The van der Waals surface area contributed by atoms with E-state index in [0.29, 0.717) is 23.4 Å². The minimum Gasteiger partial charge on any atom is -0.273 e. The first-order valence-corrected chi connectivity index (χ1v) is 6.91. The van der Waals surface area contributed by atoms with E-state index >= 15 is 0 Å². The molecule has 0 aliphatic rings. The molecule has 0 aromatic heterocycles. The van der Waals surface area contributed by atoms with Gasteiger partial charge in [-0.3, -0.25) is 20.4 Å². The van der Waals surface area contributed by atoms with Crippen molar-refractivity contribution in [1.82, 2.24) is 10.9 Å². The molecule has 0 bridgehead atoms. The summed E-state index contributed by atoms with van der Waals surface area (Å²) >= 11 is 5.80. The summed E-state index contributed by atoms with van der Waals surface area (Å²) in [4.78, 5) is 23.5. The zero-order valence-corrected chi connectivity index (χ0v) is 12.1. The average Bonchev–Trinajstić information content (AvgIpc) is 2.51. The number of carbonyl (C=O) groups excluding carboxylic acids is 2. The third kappa shape index (κ3) is 4.93. The fourth-order valence-corrected chi connectivity index (χ4v) is 1.98. The van der Waals surface area contributed by atoms with Gasteiger partial charge >= 0.3 is 0 Å². The van der Waals surface area contributed by atoms with Crippen LogP contribution < -0.4 is 10.9 Å². The Labute approximate surface area is 128 Å². The summed E-state index contributed by atoms with van der Waals surface area (Å²) in [6.07, 6.45) is 0.930. The Kier molecular flexibility index (Phi) is 5.35. The molecule has 0 atom stereocenters. The number of benzene rings is 2. The van der Waals surface area contributed by atoms with Gasteiger partial charge in [-0.25, -0.2) is 0 Å². The molecule has 2 aromatic rings. The van der Waals surface area contributed by atoms with Gasteiger partial charge in [0.15, 0.2) is 0 Å². The molecule has 21 heavy (non-hydrogen) atoms. The van der Waals surface area contributed by atoms with Gasteiger partial charge in [-0.05, 0) is 30.2 Å². The van der Waals surface area contributed by atoms with Gasteiger partial charge in [-0.2, -0.15) is 0 Å². The fourth-order valence-electron chi connectivity index (χ4n) is 1.79. The second-order valence-electron chi connectivity index (χ2n) is 4.50. The molecule has 2 amide bonds. The fraction of sp³-hybridized carbons (Fsp3) is 0.125. The molecule has 0 saturated heterocycles. The number of rotatable bonds is 4. The molecule has 0 heterocycles. The molecule has 0 unspecified atom stereocenters. The quantitative estimate of drug-likeness (QED) is 0.853. The van der Waals surface area contributed by atoms with Crippen molar-refractivity contribution in [3.63, 3.8) is 0 Å². The van der Waals surface area contributed by atoms with Crippen LogP contribution in [0.2, 0.25) is 5.02 Å². The van der Waals surface area contributed by atoms with Gasteiger partial charge in [-0.1, -0.05) is 48.0 Å². The molecule has 5 heteroatoms. The minimum atomic E-state index is -0.398. The highest BCUT2D eigenvalue weighted by Gasteiger charge is 2.07. The number of nitrogens with one attached hydrogen (secondary N) is 2. The zero-order chi connectivity index (χ0) is 15.1. The molecule has 108 valence electrons. The topological polar surface area (TPSA) is 58.2 Å². The SMILES string of the molecule is O=C(CCc1ccccc1)NNC(=O)c1cccc(Cl)c1. The lowest BCUT2D eigenvalue weighted by Crippen LogP contribution is -2.41. The van der Waals surface area contributed by atoms with E-state index in [4.69, 9.17) is 11.6 Å². The summed E-state index contributed by atoms with van der Waals surface area (Å²) in [5, 5.41) is 0.470. The van der Waals surface area contributed by atoms with Crippen molar-refractivity contribution in [2.45, 2.75) is 12.8 Å². The number of hydrogen-bond donors (Lipinski definition) is 2. The predicted octanol–water partition coefficient (Wildman–Crippen LogP) is 2.73. The van der Waals surface area contributed by atoms with Crippen LogP contribution >= 0.6 is 11.6 Å². The molecule has 0 radical (unpaired) electrons. The van der Waals surface area contributed by atoms with Gasteiger partial charge in [0, 0.05) is 17.0 Å². The van der Waals surface area contributed by atoms with Crippen molar-refractivity contribution in [2.75, 3.05) is 0 Å². The maximum atomic E-state index is 11.8. The smallest absolute Gasteiger partial charge is 0.269 e. The van der Waals surface area contributed by atoms with E-state index < -0.39 is 5.91 Å².